The molecule has 2 heterocycles. The van der Waals surface area contributed by atoms with Gasteiger partial charge in [0.2, 0.25) is 5.91 Å². The quantitative estimate of drug-likeness (QED) is 0.613. The molecule has 4 rings (SSSR count). The third kappa shape index (κ3) is 3.25. The molecular weight excluding hydrogens is 356 g/mol. The molecule has 2 aromatic carbocycles. The Bertz CT molecular complexity index is 1130. The van der Waals surface area contributed by atoms with Crippen LogP contribution in [0.2, 0.25) is 0 Å². The predicted molar refractivity (Wildman–Crippen MR) is 107 cm³/mol. The molecule has 1 aliphatic rings. The van der Waals surface area contributed by atoms with Crippen LogP contribution in [0, 0.1) is 0 Å². The first kappa shape index (κ1) is 17.5. The first-order valence-electron chi connectivity index (χ1n) is 8.81. The molecule has 140 valence electrons. The van der Waals surface area contributed by atoms with Crippen molar-refractivity contribution in [1.82, 2.24) is 9.88 Å². The minimum absolute atomic E-state index is 0.105. The highest BCUT2D eigenvalue weighted by molar-refractivity contribution is 6.08. The van der Waals surface area contributed by atoms with Crippen molar-refractivity contribution < 1.29 is 14.4 Å². The normalized spacial score (nSPS) is 12.8. The number of nitrogens with one attached hydrogen (secondary N) is 3. The molecule has 7 nitrogen and oxygen atoms in total. The molecule has 28 heavy (non-hydrogen) atoms. The van der Waals surface area contributed by atoms with Gasteiger partial charge in [0.05, 0.1) is 0 Å². The van der Waals surface area contributed by atoms with Crippen LogP contribution in [-0.2, 0) is 11.3 Å². The number of amides is 3. The summed E-state index contributed by atoms with van der Waals surface area (Å²) in [5.74, 6) is -0.701. The lowest BCUT2D eigenvalue weighted by atomic mass is 10.1. The summed E-state index contributed by atoms with van der Waals surface area (Å²) in [4.78, 5) is 36.1. The molecule has 0 fully saturated rings. The second-order valence-electron chi connectivity index (χ2n) is 6.44. The van der Waals surface area contributed by atoms with Crippen LogP contribution in [0.3, 0.4) is 0 Å². The SMILES string of the molecule is C=CC(=O)Nc1cccc(NC(=O)c2ccc3cc4n(c3c2)CCNC4=O)c1. The molecule has 3 N–H and O–H groups in total. The minimum Gasteiger partial charge on any atom is -0.349 e. The maximum Gasteiger partial charge on any atom is 0.268 e. The summed E-state index contributed by atoms with van der Waals surface area (Å²) in [5.41, 5.74) is 3.06. The lowest BCUT2D eigenvalue weighted by Crippen LogP contribution is -2.34. The fourth-order valence-electron chi connectivity index (χ4n) is 3.27. The first-order valence-corrected chi connectivity index (χ1v) is 8.81. The topological polar surface area (TPSA) is 92.2 Å². The summed E-state index contributed by atoms with van der Waals surface area (Å²) >= 11 is 0. The molecule has 3 amide bonds. The predicted octanol–water partition coefficient (Wildman–Crippen LogP) is 2.76. The van der Waals surface area contributed by atoms with Crippen molar-refractivity contribution in [2.24, 2.45) is 0 Å². The van der Waals surface area contributed by atoms with E-state index in [1.807, 2.05) is 16.7 Å². The number of hydrogen-bond acceptors (Lipinski definition) is 3. The number of carbonyl (C=O) groups excluding carboxylic acids is 3. The lowest BCUT2D eigenvalue weighted by molar-refractivity contribution is -0.111. The van der Waals surface area contributed by atoms with Gasteiger partial charge in [0.15, 0.2) is 0 Å². The maximum atomic E-state index is 12.7. The average Bonchev–Trinajstić information content (AvgIpc) is 3.07. The number of anilines is 2. The van der Waals surface area contributed by atoms with E-state index in [0.29, 0.717) is 35.7 Å². The van der Waals surface area contributed by atoms with Crippen molar-refractivity contribution in [3.05, 3.63) is 72.4 Å². The van der Waals surface area contributed by atoms with Crippen molar-refractivity contribution in [3.63, 3.8) is 0 Å². The summed E-state index contributed by atoms with van der Waals surface area (Å²) in [6, 6.07) is 14.0. The van der Waals surface area contributed by atoms with E-state index in [9.17, 15) is 14.4 Å². The zero-order chi connectivity index (χ0) is 19.7. The molecule has 0 spiro atoms. The summed E-state index contributed by atoms with van der Waals surface area (Å²) < 4.78 is 1.93. The molecule has 0 radical (unpaired) electrons. The third-order valence-electron chi connectivity index (χ3n) is 4.59. The summed E-state index contributed by atoms with van der Waals surface area (Å²) in [5, 5.41) is 9.22. The smallest absolute Gasteiger partial charge is 0.268 e. The highest BCUT2D eigenvalue weighted by Crippen LogP contribution is 2.24. The van der Waals surface area contributed by atoms with Crippen molar-refractivity contribution in [2.45, 2.75) is 6.54 Å². The van der Waals surface area contributed by atoms with Gasteiger partial charge >= 0.3 is 0 Å². The van der Waals surface area contributed by atoms with Gasteiger partial charge in [-0.2, -0.15) is 0 Å². The van der Waals surface area contributed by atoms with Gasteiger partial charge in [-0.1, -0.05) is 18.7 Å². The van der Waals surface area contributed by atoms with E-state index >= 15 is 0 Å². The van der Waals surface area contributed by atoms with Gasteiger partial charge in [-0.05, 0) is 42.5 Å². The van der Waals surface area contributed by atoms with Gasteiger partial charge in [-0.25, -0.2) is 0 Å². The number of rotatable bonds is 4. The first-order chi connectivity index (χ1) is 13.5. The van der Waals surface area contributed by atoms with Crippen LogP contribution in [-0.4, -0.2) is 28.8 Å². The van der Waals surface area contributed by atoms with Gasteiger partial charge in [0.25, 0.3) is 11.8 Å². The van der Waals surface area contributed by atoms with E-state index in [-0.39, 0.29) is 17.7 Å². The monoisotopic (exact) mass is 374 g/mol. The highest BCUT2D eigenvalue weighted by Gasteiger charge is 2.20. The van der Waals surface area contributed by atoms with Crippen LogP contribution in [0.15, 0.2) is 61.2 Å². The molecule has 1 aliphatic heterocycles. The highest BCUT2D eigenvalue weighted by atomic mass is 16.2. The molecular formula is C21H18N4O3. The standard InChI is InChI=1S/C21H18N4O3/c1-2-19(26)23-15-4-3-5-16(12-15)24-20(27)14-7-6-13-10-18-21(28)22-8-9-25(18)17(13)11-14/h2-7,10-12H,1,8-9H2,(H,22,28)(H,23,26)(H,24,27). The number of fused-ring (bicyclic) bond motifs is 3. The Morgan fingerprint density at radius 3 is 2.64 bits per heavy atom. The van der Waals surface area contributed by atoms with E-state index in [1.165, 1.54) is 6.08 Å². The largest absolute Gasteiger partial charge is 0.349 e. The Morgan fingerprint density at radius 2 is 1.86 bits per heavy atom. The average molecular weight is 374 g/mol. The van der Waals surface area contributed by atoms with Crippen LogP contribution in [0.1, 0.15) is 20.8 Å². The Labute approximate surface area is 161 Å². The summed E-state index contributed by atoms with van der Waals surface area (Å²) in [6.45, 7) is 4.65. The molecule has 0 bridgehead atoms. The van der Waals surface area contributed by atoms with E-state index in [2.05, 4.69) is 22.5 Å². The summed E-state index contributed by atoms with van der Waals surface area (Å²) in [7, 11) is 0. The van der Waals surface area contributed by atoms with Crippen molar-refractivity contribution in [2.75, 3.05) is 17.2 Å². The van der Waals surface area contributed by atoms with Crippen LogP contribution in [0.4, 0.5) is 11.4 Å². The molecule has 1 aromatic heterocycles. The summed E-state index contributed by atoms with van der Waals surface area (Å²) in [6.07, 6.45) is 1.18. The zero-order valence-electron chi connectivity index (χ0n) is 15.0. The number of carbonyl (C=O) groups is 3. The maximum absolute atomic E-state index is 12.7. The molecule has 3 aromatic rings. The van der Waals surface area contributed by atoms with Crippen molar-refractivity contribution in [3.8, 4) is 0 Å². The fourth-order valence-corrected chi connectivity index (χ4v) is 3.27. The van der Waals surface area contributed by atoms with Gasteiger partial charge < -0.3 is 20.5 Å². The molecule has 7 heteroatoms. The van der Waals surface area contributed by atoms with Crippen molar-refractivity contribution >= 4 is 40.0 Å². The Hall–Kier alpha value is -3.87. The van der Waals surface area contributed by atoms with Crippen LogP contribution in [0.25, 0.3) is 10.9 Å². The number of aromatic nitrogens is 1. The number of benzene rings is 2. The van der Waals surface area contributed by atoms with E-state index < -0.39 is 0 Å². The molecule has 0 saturated heterocycles. The molecule has 0 aliphatic carbocycles. The lowest BCUT2D eigenvalue weighted by Gasteiger charge is -2.16. The fraction of sp³-hybridized carbons (Fsp3) is 0.0952. The molecule has 0 saturated carbocycles. The Balaban J connectivity index is 1.59. The van der Waals surface area contributed by atoms with E-state index in [1.54, 1.807) is 36.4 Å². The molecule has 0 atom stereocenters. The Morgan fingerprint density at radius 1 is 1.07 bits per heavy atom. The second-order valence-corrected chi connectivity index (χ2v) is 6.44. The molecule has 0 unspecified atom stereocenters. The van der Waals surface area contributed by atoms with Crippen LogP contribution < -0.4 is 16.0 Å². The second kappa shape index (κ2) is 7.03. The van der Waals surface area contributed by atoms with Gasteiger partial charge in [0.1, 0.15) is 5.69 Å². The zero-order valence-corrected chi connectivity index (χ0v) is 15.0. The van der Waals surface area contributed by atoms with E-state index in [0.717, 1.165) is 10.9 Å². The van der Waals surface area contributed by atoms with Gasteiger partial charge in [-0.15, -0.1) is 0 Å². The number of hydrogen-bond donors (Lipinski definition) is 3. The van der Waals surface area contributed by atoms with Gasteiger partial charge in [-0.3, -0.25) is 14.4 Å². The van der Waals surface area contributed by atoms with E-state index in [4.69, 9.17) is 0 Å². The third-order valence-corrected chi connectivity index (χ3v) is 4.59. The van der Waals surface area contributed by atoms with Crippen LogP contribution in [0.5, 0.6) is 0 Å². The Kier molecular flexibility index (Phi) is 4.41. The van der Waals surface area contributed by atoms with Crippen LogP contribution >= 0.6 is 0 Å². The minimum atomic E-state index is -0.323. The number of nitrogens with zero attached hydrogens (tertiary/aromatic N) is 1. The van der Waals surface area contributed by atoms with Gasteiger partial charge in [0, 0.05) is 40.9 Å². The van der Waals surface area contributed by atoms with Crippen molar-refractivity contribution in [1.29, 1.82) is 0 Å².